The van der Waals surface area contributed by atoms with Gasteiger partial charge in [-0.05, 0) is 37.8 Å². The van der Waals surface area contributed by atoms with Gasteiger partial charge in [0.05, 0.1) is 12.5 Å². The molecule has 8 heteroatoms. The van der Waals surface area contributed by atoms with Crippen LogP contribution in [0.3, 0.4) is 0 Å². The lowest BCUT2D eigenvalue weighted by atomic mass is 9.85. The van der Waals surface area contributed by atoms with Gasteiger partial charge in [0, 0.05) is 19.3 Å². The van der Waals surface area contributed by atoms with Gasteiger partial charge in [-0.1, -0.05) is 0 Å². The van der Waals surface area contributed by atoms with E-state index in [0.717, 1.165) is 0 Å². The van der Waals surface area contributed by atoms with E-state index < -0.39 is 12.1 Å². The molecule has 5 nitrogen and oxygen atoms in total. The van der Waals surface area contributed by atoms with E-state index in [2.05, 4.69) is 10.3 Å². The molecule has 1 aliphatic rings. The van der Waals surface area contributed by atoms with Crippen molar-refractivity contribution in [2.24, 2.45) is 5.92 Å². The highest BCUT2D eigenvalue weighted by Gasteiger charge is 2.41. The van der Waals surface area contributed by atoms with E-state index in [1.807, 2.05) is 0 Å². The van der Waals surface area contributed by atoms with Crippen LogP contribution in [0.1, 0.15) is 36.0 Å². The molecule has 24 heavy (non-hydrogen) atoms. The number of nitrogens with zero attached hydrogens (tertiary/aromatic N) is 1. The van der Waals surface area contributed by atoms with E-state index in [4.69, 9.17) is 9.47 Å². The largest absolute Gasteiger partial charge is 0.475 e. The minimum Gasteiger partial charge on any atom is -0.475 e. The summed E-state index contributed by atoms with van der Waals surface area (Å²) < 4.78 is 48.3. The molecule has 134 valence electrons. The van der Waals surface area contributed by atoms with Crippen molar-refractivity contribution in [3.05, 3.63) is 23.9 Å². The van der Waals surface area contributed by atoms with Crippen molar-refractivity contribution < 1.29 is 27.4 Å². The highest BCUT2D eigenvalue weighted by atomic mass is 19.4. The van der Waals surface area contributed by atoms with E-state index >= 15 is 0 Å². The van der Waals surface area contributed by atoms with Gasteiger partial charge in [0.1, 0.15) is 12.2 Å². The van der Waals surface area contributed by atoms with Gasteiger partial charge in [0.2, 0.25) is 5.88 Å². The van der Waals surface area contributed by atoms with E-state index in [9.17, 15) is 18.0 Å². The fourth-order valence-electron chi connectivity index (χ4n) is 2.73. The van der Waals surface area contributed by atoms with Gasteiger partial charge in [-0.2, -0.15) is 13.2 Å². The van der Waals surface area contributed by atoms with E-state index in [1.165, 1.54) is 13.3 Å². The first-order chi connectivity index (χ1) is 11.4. The summed E-state index contributed by atoms with van der Waals surface area (Å²) >= 11 is 0. The van der Waals surface area contributed by atoms with Crippen molar-refractivity contribution in [1.29, 1.82) is 0 Å². The van der Waals surface area contributed by atoms with Crippen LogP contribution in [0.5, 0.6) is 5.88 Å². The van der Waals surface area contributed by atoms with Crippen LogP contribution in [0.4, 0.5) is 13.2 Å². The monoisotopic (exact) mass is 346 g/mol. The third-order valence-electron chi connectivity index (χ3n) is 4.07. The Hall–Kier alpha value is -1.83. The maximum absolute atomic E-state index is 12.7. The number of alkyl halides is 3. The number of methoxy groups -OCH3 is 1. The van der Waals surface area contributed by atoms with Crippen molar-refractivity contribution in [3.8, 4) is 5.88 Å². The summed E-state index contributed by atoms with van der Waals surface area (Å²) in [6.07, 6.45) is -1.93. The van der Waals surface area contributed by atoms with Gasteiger partial charge in [-0.25, -0.2) is 4.98 Å². The molecule has 0 spiro atoms. The number of amides is 1. The summed E-state index contributed by atoms with van der Waals surface area (Å²) in [6, 6.07) is 2.92. The first-order valence-electron chi connectivity index (χ1n) is 7.86. The van der Waals surface area contributed by atoms with Gasteiger partial charge < -0.3 is 14.8 Å². The van der Waals surface area contributed by atoms with Crippen molar-refractivity contribution in [2.75, 3.05) is 20.3 Å². The first kappa shape index (κ1) is 18.5. The summed E-state index contributed by atoms with van der Waals surface area (Å²) in [4.78, 5) is 16.4. The van der Waals surface area contributed by atoms with Crippen molar-refractivity contribution in [2.45, 2.75) is 37.9 Å². The Labute approximate surface area is 138 Å². The lowest BCUT2D eigenvalue weighted by Crippen LogP contribution is -2.40. The van der Waals surface area contributed by atoms with Crippen molar-refractivity contribution in [1.82, 2.24) is 10.3 Å². The Balaban J connectivity index is 1.91. The summed E-state index contributed by atoms with van der Waals surface area (Å²) in [6.45, 7) is 0.615. The van der Waals surface area contributed by atoms with Crippen LogP contribution in [0, 0.1) is 5.92 Å². The van der Waals surface area contributed by atoms with E-state index in [-0.39, 0.29) is 42.8 Å². The zero-order valence-corrected chi connectivity index (χ0v) is 13.4. The topological polar surface area (TPSA) is 60.5 Å². The predicted molar refractivity (Wildman–Crippen MR) is 80.9 cm³/mol. The Morgan fingerprint density at radius 1 is 1.29 bits per heavy atom. The molecule has 1 fully saturated rings. The molecule has 0 atom stereocenters. The molecule has 1 heterocycles. The van der Waals surface area contributed by atoms with Crippen LogP contribution in [-0.2, 0) is 4.74 Å². The molecule has 0 bridgehead atoms. The van der Waals surface area contributed by atoms with Crippen LogP contribution in [-0.4, -0.2) is 43.4 Å². The number of carbonyl (C=O) groups excluding carboxylic acids is 1. The predicted octanol–water partition coefficient (Wildman–Crippen LogP) is 2.96. The summed E-state index contributed by atoms with van der Waals surface area (Å²) in [7, 11) is 1.53. The van der Waals surface area contributed by atoms with Crippen molar-refractivity contribution >= 4 is 5.91 Å². The molecule has 1 aromatic heterocycles. The molecule has 0 aromatic carbocycles. The third-order valence-corrected chi connectivity index (χ3v) is 4.07. The molecule has 1 N–H and O–H groups in total. The van der Waals surface area contributed by atoms with Crippen LogP contribution < -0.4 is 10.1 Å². The number of rotatable bonds is 6. The normalized spacial score (nSPS) is 21.3. The van der Waals surface area contributed by atoms with Gasteiger partial charge in [0.15, 0.2) is 0 Å². The Morgan fingerprint density at radius 3 is 2.62 bits per heavy atom. The first-order valence-corrected chi connectivity index (χ1v) is 7.86. The third kappa shape index (κ3) is 5.09. The van der Waals surface area contributed by atoms with Gasteiger partial charge in [-0.15, -0.1) is 0 Å². The molecule has 1 saturated carbocycles. The molecule has 0 unspecified atom stereocenters. The average molecular weight is 346 g/mol. The second kappa shape index (κ2) is 8.32. The Morgan fingerprint density at radius 2 is 2.00 bits per heavy atom. The number of halogens is 3. The second-order valence-electron chi connectivity index (χ2n) is 5.76. The van der Waals surface area contributed by atoms with E-state index in [1.54, 1.807) is 12.1 Å². The zero-order valence-electron chi connectivity index (χ0n) is 13.4. The molecule has 2 rings (SSSR count). The summed E-state index contributed by atoms with van der Waals surface area (Å²) in [5.41, 5.74) is 0.270. The van der Waals surface area contributed by atoms with Gasteiger partial charge >= 0.3 is 6.18 Å². The molecule has 0 radical (unpaired) electrons. The SMILES string of the molecule is COCCOc1ncccc1C(=O)NC1CCC(C(F)(F)F)CC1. The number of ether oxygens (including phenoxy) is 2. The summed E-state index contributed by atoms with van der Waals surface area (Å²) in [5, 5.41) is 2.78. The fourth-order valence-corrected chi connectivity index (χ4v) is 2.73. The standard InChI is InChI=1S/C16H21F3N2O3/c1-23-9-10-24-15-13(3-2-8-20-15)14(22)21-12-6-4-11(5-7-12)16(17,18)19/h2-3,8,11-12H,4-7,9-10H2,1H3,(H,21,22). The molecule has 1 aromatic rings. The van der Waals surface area contributed by atoms with Crippen LogP contribution in [0.15, 0.2) is 18.3 Å². The number of nitrogens with one attached hydrogen (secondary N) is 1. The minimum absolute atomic E-state index is 0.0404. The lowest BCUT2D eigenvalue weighted by Gasteiger charge is -2.30. The minimum atomic E-state index is -4.15. The van der Waals surface area contributed by atoms with Crippen LogP contribution in [0.2, 0.25) is 0 Å². The zero-order chi connectivity index (χ0) is 17.6. The average Bonchev–Trinajstić information content (AvgIpc) is 2.55. The summed E-state index contributed by atoms with van der Waals surface area (Å²) in [5.74, 6) is -1.46. The molecule has 1 aliphatic carbocycles. The maximum Gasteiger partial charge on any atom is 0.391 e. The van der Waals surface area contributed by atoms with Gasteiger partial charge in [-0.3, -0.25) is 4.79 Å². The molecule has 0 saturated heterocycles. The highest BCUT2D eigenvalue weighted by molar-refractivity contribution is 5.96. The highest BCUT2D eigenvalue weighted by Crippen LogP contribution is 2.37. The quantitative estimate of drug-likeness (QED) is 0.805. The number of hydrogen-bond acceptors (Lipinski definition) is 4. The van der Waals surface area contributed by atoms with Gasteiger partial charge in [0.25, 0.3) is 5.91 Å². The fraction of sp³-hybridized carbons (Fsp3) is 0.625. The Bertz CT molecular complexity index is 544. The molecule has 0 aliphatic heterocycles. The van der Waals surface area contributed by atoms with Crippen molar-refractivity contribution in [3.63, 3.8) is 0 Å². The number of carbonyl (C=O) groups is 1. The molecular weight excluding hydrogens is 325 g/mol. The maximum atomic E-state index is 12.7. The van der Waals surface area contributed by atoms with E-state index in [0.29, 0.717) is 19.4 Å². The molecular formula is C16H21F3N2O3. The Kier molecular flexibility index (Phi) is 6.42. The second-order valence-corrected chi connectivity index (χ2v) is 5.76. The number of hydrogen-bond donors (Lipinski definition) is 1. The van der Waals surface area contributed by atoms with Crippen LogP contribution >= 0.6 is 0 Å². The smallest absolute Gasteiger partial charge is 0.391 e. The molecule has 1 amide bonds. The lowest BCUT2D eigenvalue weighted by molar-refractivity contribution is -0.182. The number of pyridine rings is 1. The number of aromatic nitrogens is 1. The van der Waals surface area contributed by atoms with Crippen LogP contribution in [0.25, 0.3) is 0 Å².